The molecule has 2 aromatic carbocycles. The third kappa shape index (κ3) is 6.04. The zero-order valence-electron chi connectivity index (χ0n) is 19.8. The SMILES string of the molecule is CCc1ccc2[nH]c(=O)c(CN(CCc3cccc(C)c3)C(=O)NC3CCCCC3)cc2c1. The molecule has 1 aromatic heterocycles. The molecule has 4 rings (SSSR count). The van der Waals surface area contributed by atoms with Crippen molar-refractivity contribution in [2.45, 2.75) is 71.4 Å². The van der Waals surface area contributed by atoms with E-state index in [0.29, 0.717) is 18.7 Å². The second-order valence-electron chi connectivity index (χ2n) is 9.34. The number of amides is 2. The van der Waals surface area contributed by atoms with Gasteiger partial charge in [0, 0.05) is 23.7 Å². The van der Waals surface area contributed by atoms with Crippen LogP contribution < -0.4 is 10.9 Å². The normalized spacial score (nSPS) is 14.4. The number of carbonyl (C=O) groups excluding carboxylic acids is 1. The van der Waals surface area contributed by atoms with Gasteiger partial charge in [0.25, 0.3) is 5.56 Å². The minimum absolute atomic E-state index is 0.0728. The molecule has 1 heterocycles. The van der Waals surface area contributed by atoms with E-state index in [1.54, 1.807) is 4.90 Å². The molecule has 0 unspecified atom stereocenters. The third-order valence-electron chi connectivity index (χ3n) is 6.73. The molecule has 1 saturated carbocycles. The number of H-pyrrole nitrogens is 1. The van der Waals surface area contributed by atoms with Gasteiger partial charge >= 0.3 is 6.03 Å². The molecular weight excluding hydrogens is 410 g/mol. The van der Waals surface area contributed by atoms with Crippen LogP contribution in [0.2, 0.25) is 0 Å². The van der Waals surface area contributed by atoms with E-state index in [1.807, 2.05) is 18.2 Å². The van der Waals surface area contributed by atoms with Crippen molar-refractivity contribution in [2.75, 3.05) is 6.54 Å². The minimum atomic E-state index is -0.127. The zero-order valence-corrected chi connectivity index (χ0v) is 19.8. The molecule has 1 fully saturated rings. The molecule has 3 aromatic rings. The number of pyridine rings is 1. The molecule has 1 aliphatic rings. The second kappa shape index (κ2) is 10.7. The molecule has 0 spiro atoms. The maximum absolute atomic E-state index is 13.3. The number of aromatic nitrogens is 1. The molecule has 0 bridgehead atoms. The first-order chi connectivity index (χ1) is 16.0. The fourth-order valence-corrected chi connectivity index (χ4v) is 4.74. The maximum Gasteiger partial charge on any atom is 0.317 e. The molecule has 174 valence electrons. The highest BCUT2D eigenvalue weighted by Gasteiger charge is 2.21. The Bertz CT molecular complexity index is 1160. The van der Waals surface area contributed by atoms with Crippen LogP contribution in [0.4, 0.5) is 4.79 Å². The molecule has 1 aliphatic carbocycles. The summed E-state index contributed by atoms with van der Waals surface area (Å²) in [6, 6.07) is 16.6. The Morgan fingerprint density at radius 3 is 2.64 bits per heavy atom. The Kier molecular flexibility index (Phi) is 7.48. The van der Waals surface area contributed by atoms with Gasteiger partial charge in [-0.25, -0.2) is 4.79 Å². The van der Waals surface area contributed by atoms with Gasteiger partial charge in [-0.1, -0.05) is 62.1 Å². The zero-order chi connectivity index (χ0) is 23.2. The van der Waals surface area contributed by atoms with Crippen molar-refractivity contribution in [1.29, 1.82) is 0 Å². The highest BCUT2D eigenvalue weighted by atomic mass is 16.2. The van der Waals surface area contributed by atoms with Gasteiger partial charge in [0.05, 0.1) is 6.54 Å². The predicted octanol–water partition coefficient (Wildman–Crippen LogP) is 5.49. The van der Waals surface area contributed by atoms with Gasteiger partial charge < -0.3 is 15.2 Å². The number of hydrogen-bond donors (Lipinski definition) is 2. The van der Waals surface area contributed by atoms with Crippen molar-refractivity contribution in [1.82, 2.24) is 15.2 Å². The van der Waals surface area contributed by atoms with E-state index in [0.717, 1.165) is 36.6 Å². The van der Waals surface area contributed by atoms with Crippen molar-refractivity contribution in [3.05, 3.63) is 81.1 Å². The summed E-state index contributed by atoms with van der Waals surface area (Å²) in [6.45, 7) is 5.06. The third-order valence-corrected chi connectivity index (χ3v) is 6.73. The summed E-state index contributed by atoms with van der Waals surface area (Å²) in [5.41, 5.74) is 4.97. The topological polar surface area (TPSA) is 65.2 Å². The van der Waals surface area contributed by atoms with Crippen LogP contribution in [0.15, 0.2) is 53.3 Å². The van der Waals surface area contributed by atoms with Crippen molar-refractivity contribution < 1.29 is 4.79 Å². The maximum atomic E-state index is 13.3. The predicted molar refractivity (Wildman–Crippen MR) is 135 cm³/mol. The Balaban J connectivity index is 1.56. The first-order valence-electron chi connectivity index (χ1n) is 12.3. The number of nitrogens with one attached hydrogen (secondary N) is 2. The van der Waals surface area contributed by atoms with Crippen LogP contribution >= 0.6 is 0 Å². The van der Waals surface area contributed by atoms with Crippen LogP contribution in [0.5, 0.6) is 0 Å². The minimum Gasteiger partial charge on any atom is -0.335 e. The van der Waals surface area contributed by atoms with E-state index < -0.39 is 0 Å². The lowest BCUT2D eigenvalue weighted by molar-refractivity contribution is 0.187. The summed E-state index contributed by atoms with van der Waals surface area (Å²) in [5.74, 6) is 0. The lowest BCUT2D eigenvalue weighted by Crippen LogP contribution is -2.46. The summed E-state index contributed by atoms with van der Waals surface area (Å²) in [7, 11) is 0. The van der Waals surface area contributed by atoms with Crippen LogP contribution in [-0.2, 0) is 19.4 Å². The Hall–Kier alpha value is -3.08. The molecule has 0 saturated heterocycles. The summed E-state index contributed by atoms with van der Waals surface area (Å²) in [5, 5.41) is 4.25. The summed E-state index contributed by atoms with van der Waals surface area (Å²) in [6.07, 6.45) is 7.34. The van der Waals surface area contributed by atoms with Gasteiger partial charge in [0.1, 0.15) is 0 Å². The lowest BCUT2D eigenvalue weighted by atomic mass is 9.96. The summed E-state index contributed by atoms with van der Waals surface area (Å²) < 4.78 is 0. The monoisotopic (exact) mass is 445 g/mol. The van der Waals surface area contributed by atoms with Crippen LogP contribution in [0.3, 0.4) is 0 Å². The van der Waals surface area contributed by atoms with E-state index in [4.69, 9.17) is 0 Å². The Morgan fingerprint density at radius 1 is 1.06 bits per heavy atom. The number of nitrogens with zero attached hydrogens (tertiary/aromatic N) is 1. The number of hydrogen-bond acceptors (Lipinski definition) is 2. The highest BCUT2D eigenvalue weighted by molar-refractivity contribution is 5.80. The summed E-state index contributed by atoms with van der Waals surface area (Å²) in [4.78, 5) is 30.9. The van der Waals surface area contributed by atoms with Crippen LogP contribution in [0.1, 0.15) is 61.3 Å². The van der Waals surface area contributed by atoms with Gasteiger partial charge in [-0.15, -0.1) is 0 Å². The molecule has 5 nitrogen and oxygen atoms in total. The van der Waals surface area contributed by atoms with E-state index in [-0.39, 0.29) is 17.6 Å². The quantitative estimate of drug-likeness (QED) is 0.505. The number of fused-ring (bicyclic) bond motifs is 1. The Morgan fingerprint density at radius 2 is 1.88 bits per heavy atom. The lowest BCUT2D eigenvalue weighted by Gasteiger charge is -2.28. The number of carbonyl (C=O) groups is 1. The van der Waals surface area contributed by atoms with Gasteiger partial charge in [0.2, 0.25) is 0 Å². The average molecular weight is 446 g/mol. The molecule has 33 heavy (non-hydrogen) atoms. The standard InChI is InChI=1S/C28H35N3O2/c1-3-21-12-13-26-23(17-21)18-24(27(32)30-26)19-31(15-14-22-9-7-8-20(2)16-22)28(33)29-25-10-5-4-6-11-25/h7-9,12-13,16-18,25H,3-6,10-11,14-15,19H2,1-2H3,(H,29,33)(H,30,32). The number of aryl methyl sites for hydroxylation is 2. The van der Waals surface area contributed by atoms with Crippen molar-refractivity contribution in [2.24, 2.45) is 0 Å². The van der Waals surface area contributed by atoms with E-state index in [1.165, 1.54) is 36.0 Å². The van der Waals surface area contributed by atoms with Crippen molar-refractivity contribution >= 4 is 16.9 Å². The average Bonchev–Trinajstić information content (AvgIpc) is 2.82. The Labute approximate surface area is 196 Å². The largest absolute Gasteiger partial charge is 0.335 e. The fraction of sp³-hybridized carbons (Fsp3) is 0.429. The van der Waals surface area contributed by atoms with E-state index in [2.05, 4.69) is 54.5 Å². The molecule has 5 heteroatoms. The smallest absolute Gasteiger partial charge is 0.317 e. The number of benzene rings is 2. The number of urea groups is 1. The van der Waals surface area contributed by atoms with E-state index in [9.17, 15) is 9.59 Å². The number of aromatic amines is 1. The fourth-order valence-electron chi connectivity index (χ4n) is 4.74. The molecule has 0 aliphatic heterocycles. The summed E-state index contributed by atoms with van der Waals surface area (Å²) >= 11 is 0. The van der Waals surface area contributed by atoms with Crippen molar-refractivity contribution in [3.63, 3.8) is 0 Å². The van der Waals surface area contributed by atoms with E-state index >= 15 is 0 Å². The van der Waals surface area contributed by atoms with Gasteiger partial charge in [-0.2, -0.15) is 0 Å². The molecule has 2 N–H and O–H groups in total. The molecular formula is C28H35N3O2. The van der Waals surface area contributed by atoms with Gasteiger partial charge in [-0.3, -0.25) is 4.79 Å². The highest BCUT2D eigenvalue weighted by Crippen LogP contribution is 2.19. The van der Waals surface area contributed by atoms with Crippen molar-refractivity contribution in [3.8, 4) is 0 Å². The molecule has 2 amide bonds. The first kappa shape index (κ1) is 23.1. The van der Waals surface area contributed by atoms with Gasteiger partial charge in [-0.05, 0) is 67.3 Å². The van der Waals surface area contributed by atoms with Crippen LogP contribution in [0, 0.1) is 6.92 Å². The molecule has 0 radical (unpaired) electrons. The van der Waals surface area contributed by atoms with Crippen LogP contribution in [-0.4, -0.2) is 28.5 Å². The number of rotatable bonds is 7. The first-order valence-corrected chi connectivity index (χ1v) is 12.3. The molecule has 0 atom stereocenters. The second-order valence-corrected chi connectivity index (χ2v) is 9.34. The van der Waals surface area contributed by atoms with Gasteiger partial charge in [0.15, 0.2) is 0 Å². The van der Waals surface area contributed by atoms with Crippen LogP contribution in [0.25, 0.3) is 10.9 Å².